The quantitative estimate of drug-likeness (QED) is 0.918. The number of pyridine rings is 1. The van der Waals surface area contributed by atoms with E-state index in [0.29, 0.717) is 12.1 Å². The van der Waals surface area contributed by atoms with E-state index in [0.717, 1.165) is 36.1 Å². The number of hydrogen-bond donors (Lipinski definition) is 1. The van der Waals surface area contributed by atoms with Gasteiger partial charge in [0.25, 0.3) is 0 Å². The standard InChI is InChI=1S/C16H20ClN3S/c1-12(14-5-6-15(17)21-14)19-13-7-10-20(11-8-13)16-4-2-3-9-18-16/h2-6,9,12-13,19H,7-8,10-11H2,1H3. The van der Waals surface area contributed by atoms with Crippen LogP contribution in [-0.2, 0) is 0 Å². The second-order valence-electron chi connectivity index (χ2n) is 5.48. The third-order valence-electron chi connectivity index (χ3n) is 3.97. The highest BCUT2D eigenvalue weighted by molar-refractivity contribution is 7.16. The Hall–Kier alpha value is -1.10. The highest BCUT2D eigenvalue weighted by Crippen LogP contribution is 2.28. The van der Waals surface area contributed by atoms with Crippen LogP contribution in [0.2, 0.25) is 4.34 Å². The Morgan fingerprint density at radius 1 is 1.29 bits per heavy atom. The zero-order valence-corrected chi connectivity index (χ0v) is 13.7. The van der Waals surface area contributed by atoms with Gasteiger partial charge in [0.1, 0.15) is 5.82 Å². The number of piperidine rings is 1. The molecule has 1 aliphatic heterocycles. The highest BCUT2D eigenvalue weighted by atomic mass is 35.5. The topological polar surface area (TPSA) is 28.2 Å². The maximum absolute atomic E-state index is 6.01. The van der Waals surface area contributed by atoms with Crippen LogP contribution in [0.1, 0.15) is 30.7 Å². The number of anilines is 1. The predicted octanol–water partition coefficient (Wildman–Crippen LogP) is 4.12. The first-order valence-electron chi connectivity index (χ1n) is 7.39. The van der Waals surface area contributed by atoms with Gasteiger partial charge in [0.15, 0.2) is 0 Å². The Morgan fingerprint density at radius 3 is 2.71 bits per heavy atom. The van der Waals surface area contributed by atoms with Crippen LogP contribution in [0.3, 0.4) is 0 Å². The van der Waals surface area contributed by atoms with E-state index >= 15 is 0 Å². The Labute approximate surface area is 135 Å². The van der Waals surface area contributed by atoms with Crippen LogP contribution in [0.4, 0.5) is 5.82 Å². The summed E-state index contributed by atoms with van der Waals surface area (Å²) in [5.74, 6) is 1.09. The molecule has 3 rings (SSSR count). The summed E-state index contributed by atoms with van der Waals surface area (Å²) in [7, 11) is 0. The fourth-order valence-corrected chi connectivity index (χ4v) is 3.89. The van der Waals surface area contributed by atoms with E-state index in [9.17, 15) is 0 Å². The van der Waals surface area contributed by atoms with Gasteiger partial charge in [-0.25, -0.2) is 4.98 Å². The second-order valence-corrected chi connectivity index (χ2v) is 7.23. The molecule has 0 radical (unpaired) electrons. The molecule has 1 N–H and O–H groups in total. The van der Waals surface area contributed by atoms with E-state index < -0.39 is 0 Å². The van der Waals surface area contributed by atoms with Gasteiger partial charge < -0.3 is 10.2 Å². The van der Waals surface area contributed by atoms with Crippen molar-refractivity contribution >= 4 is 28.8 Å². The zero-order valence-electron chi connectivity index (χ0n) is 12.1. The fraction of sp³-hybridized carbons (Fsp3) is 0.438. The Balaban J connectivity index is 1.52. The molecule has 0 aliphatic carbocycles. The van der Waals surface area contributed by atoms with Crippen molar-refractivity contribution in [3.05, 3.63) is 45.7 Å². The minimum Gasteiger partial charge on any atom is -0.357 e. The van der Waals surface area contributed by atoms with Crippen molar-refractivity contribution in [2.75, 3.05) is 18.0 Å². The average Bonchev–Trinajstić information content (AvgIpc) is 2.96. The van der Waals surface area contributed by atoms with Crippen LogP contribution in [0, 0.1) is 0 Å². The Morgan fingerprint density at radius 2 is 2.10 bits per heavy atom. The van der Waals surface area contributed by atoms with Crippen LogP contribution in [0.25, 0.3) is 0 Å². The molecule has 3 heterocycles. The molecule has 1 fully saturated rings. The number of hydrogen-bond acceptors (Lipinski definition) is 4. The van der Waals surface area contributed by atoms with Crippen molar-refractivity contribution in [3.8, 4) is 0 Å². The molecule has 1 atom stereocenters. The molecular weight excluding hydrogens is 302 g/mol. The Bertz CT molecular complexity index is 564. The van der Waals surface area contributed by atoms with E-state index in [1.807, 2.05) is 18.3 Å². The number of nitrogens with zero attached hydrogens (tertiary/aromatic N) is 2. The van der Waals surface area contributed by atoms with Gasteiger partial charge in [0.2, 0.25) is 0 Å². The lowest BCUT2D eigenvalue weighted by Gasteiger charge is -2.34. The number of nitrogens with one attached hydrogen (secondary N) is 1. The van der Waals surface area contributed by atoms with Gasteiger partial charge in [-0.3, -0.25) is 0 Å². The summed E-state index contributed by atoms with van der Waals surface area (Å²) in [5, 5.41) is 3.73. The van der Waals surface area contributed by atoms with Gasteiger partial charge >= 0.3 is 0 Å². The average molecular weight is 322 g/mol. The normalized spacial score (nSPS) is 17.9. The molecule has 2 aromatic rings. The molecule has 112 valence electrons. The first-order chi connectivity index (χ1) is 10.2. The van der Waals surface area contributed by atoms with Gasteiger partial charge in [-0.2, -0.15) is 0 Å². The van der Waals surface area contributed by atoms with Crippen molar-refractivity contribution in [3.63, 3.8) is 0 Å². The monoisotopic (exact) mass is 321 g/mol. The first kappa shape index (κ1) is 14.8. The summed E-state index contributed by atoms with van der Waals surface area (Å²) in [5.41, 5.74) is 0. The summed E-state index contributed by atoms with van der Waals surface area (Å²) in [4.78, 5) is 8.11. The summed E-state index contributed by atoms with van der Waals surface area (Å²) in [6.45, 7) is 4.34. The minimum atomic E-state index is 0.369. The van der Waals surface area contributed by atoms with Crippen molar-refractivity contribution in [1.29, 1.82) is 0 Å². The minimum absolute atomic E-state index is 0.369. The molecule has 5 heteroatoms. The molecular formula is C16H20ClN3S. The van der Waals surface area contributed by atoms with Crippen molar-refractivity contribution in [1.82, 2.24) is 10.3 Å². The van der Waals surface area contributed by atoms with Crippen molar-refractivity contribution < 1.29 is 0 Å². The molecule has 0 amide bonds. The first-order valence-corrected chi connectivity index (χ1v) is 8.59. The third-order valence-corrected chi connectivity index (χ3v) is 5.39. The molecule has 21 heavy (non-hydrogen) atoms. The summed E-state index contributed by atoms with van der Waals surface area (Å²) in [6, 6.07) is 11.1. The molecule has 1 aliphatic rings. The van der Waals surface area contributed by atoms with Crippen molar-refractivity contribution in [2.24, 2.45) is 0 Å². The van der Waals surface area contributed by atoms with E-state index in [1.165, 1.54) is 4.88 Å². The highest BCUT2D eigenvalue weighted by Gasteiger charge is 2.21. The smallest absolute Gasteiger partial charge is 0.128 e. The van der Waals surface area contributed by atoms with Crippen LogP contribution in [0.5, 0.6) is 0 Å². The van der Waals surface area contributed by atoms with E-state index in [-0.39, 0.29) is 0 Å². The van der Waals surface area contributed by atoms with Crippen molar-refractivity contribution in [2.45, 2.75) is 31.8 Å². The van der Waals surface area contributed by atoms with E-state index in [4.69, 9.17) is 11.6 Å². The van der Waals surface area contributed by atoms with Gasteiger partial charge in [-0.05, 0) is 44.0 Å². The lowest BCUT2D eigenvalue weighted by atomic mass is 10.0. The summed E-state index contributed by atoms with van der Waals surface area (Å²) < 4.78 is 0.864. The second kappa shape index (κ2) is 6.77. The largest absolute Gasteiger partial charge is 0.357 e. The molecule has 0 bridgehead atoms. The molecule has 3 nitrogen and oxygen atoms in total. The SMILES string of the molecule is CC(NC1CCN(c2ccccn2)CC1)c1ccc(Cl)s1. The van der Waals surface area contributed by atoms with E-state index in [1.54, 1.807) is 11.3 Å². The fourth-order valence-electron chi connectivity index (χ4n) is 2.81. The van der Waals surface area contributed by atoms with Gasteiger partial charge in [0.05, 0.1) is 4.34 Å². The van der Waals surface area contributed by atoms with Gasteiger partial charge in [0, 0.05) is 36.2 Å². The summed E-state index contributed by atoms with van der Waals surface area (Å²) >= 11 is 7.68. The number of aromatic nitrogens is 1. The lowest BCUT2D eigenvalue weighted by Crippen LogP contribution is -2.43. The lowest BCUT2D eigenvalue weighted by molar-refractivity contribution is 0.382. The molecule has 2 aromatic heterocycles. The van der Waals surface area contributed by atoms with Gasteiger partial charge in [-0.15, -0.1) is 11.3 Å². The maximum atomic E-state index is 6.01. The molecule has 0 spiro atoms. The van der Waals surface area contributed by atoms with Crippen LogP contribution >= 0.6 is 22.9 Å². The Kier molecular flexibility index (Phi) is 4.78. The van der Waals surface area contributed by atoms with E-state index in [2.05, 4.69) is 40.3 Å². The zero-order chi connectivity index (χ0) is 14.7. The maximum Gasteiger partial charge on any atom is 0.128 e. The number of halogens is 1. The third kappa shape index (κ3) is 3.76. The van der Waals surface area contributed by atoms with Crippen LogP contribution in [0.15, 0.2) is 36.5 Å². The molecule has 0 aromatic carbocycles. The number of thiophene rings is 1. The molecule has 1 saturated heterocycles. The molecule has 0 saturated carbocycles. The van der Waals surface area contributed by atoms with Crippen LogP contribution < -0.4 is 10.2 Å². The number of rotatable bonds is 4. The van der Waals surface area contributed by atoms with Crippen LogP contribution in [-0.4, -0.2) is 24.1 Å². The predicted molar refractivity (Wildman–Crippen MR) is 90.4 cm³/mol. The summed E-state index contributed by atoms with van der Waals surface area (Å²) in [6.07, 6.45) is 4.17. The molecule has 1 unspecified atom stereocenters. The van der Waals surface area contributed by atoms with Gasteiger partial charge in [-0.1, -0.05) is 17.7 Å².